The van der Waals surface area contributed by atoms with E-state index in [1.807, 2.05) is 36.4 Å². The molecular formula is C19H24ClN2O2-. The number of amidine groups is 1. The molecule has 0 aliphatic heterocycles. The van der Waals surface area contributed by atoms with E-state index >= 15 is 0 Å². The molecular weight excluding hydrogens is 324 g/mol. The zero-order valence-electron chi connectivity index (χ0n) is 14.3. The number of hydrogen-bond donors (Lipinski definition) is 1. The molecule has 0 fully saturated rings. The number of hydrogen-bond acceptors (Lipinski definition) is 3. The Bertz CT molecular complexity index is 660. The molecule has 0 amide bonds. The smallest absolute Gasteiger partial charge is 0.160 e. The van der Waals surface area contributed by atoms with E-state index in [0.717, 1.165) is 23.5 Å². The molecule has 0 saturated carbocycles. The first-order valence-electron chi connectivity index (χ1n) is 7.71. The summed E-state index contributed by atoms with van der Waals surface area (Å²) in [5.41, 5.74) is 8.45. The topological polar surface area (TPSA) is 56.8 Å². The number of benzene rings is 2. The quantitative estimate of drug-likeness (QED) is 0.583. The second kappa shape index (κ2) is 9.83. The molecule has 4 nitrogen and oxygen atoms in total. The van der Waals surface area contributed by atoms with E-state index in [2.05, 4.69) is 24.0 Å². The molecule has 0 radical (unpaired) electrons. The molecule has 2 rings (SSSR count). The summed E-state index contributed by atoms with van der Waals surface area (Å²) in [5, 5.41) is 0. The minimum Gasteiger partial charge on any atom is -1.00 e. The maximum Gasteiger partial charge on any atom is 0.160 e. The lowest BCUT2D eigenvalue weighted by molar-refractivity contribution is -0.00000545. The summed E-state index contributed by atoms with van der Waals surface area (Å²) in [4.78, 5) is 4.52. The van der Waals surface area contributed by atoms with Crippen molar-refractivity contribution in [3.8, 4) is 11.5 Å². The molecule has 5 heteroatoms. The van der Waals surface area contributed by atoms with Crippen LogP contribution in [0.5, 0.6) is 11.5 Å². The number of nitrogens with zero attached hydrogens (tertiary/aromatic N) is 1. The molecule has 2 aromatic carbocycles. The lowest BCUT2D eigenvalue weighted by atomic mass is 10.0. The summed E-state index contributed by atoms with van der Waals surface area (Å²) in [6, 6.07) is 16.1. The van der Waals surface area contributed by atoms with Gasteiger partial charge in [-0.25, -0.2) is 0 Å². The minimum absolute atomic E-state index is 0. The van der Waals surface area contributed by atoms with Crippen molar-refractivity contribution >= 4 is 5.84 Å². The monoisotopic (exact) mass is 347 g/mol. The maximum atomic E-state index is 6.12. The van der Waals surface area contributed by atoms with Gasteiger partial charge in [0, 0.05) is 12.5 Å². The number of aliphatic imine (C=N–C) groups is 1. The molecule has 24 heavy (non-hydrogen) atoms. The van der Waals surface area contributed by atoms with Crippen LogP contribution in [-0.2, 0) is 6.42 Å². The lowest BCUT2D eigenvalue weighted by Crippen LogP contribution is -3.00. The normalized spacial score (nSPS) is 12.2. The van der Waals surface area contributed by atoms with Crippen LogP contribution in [0.25, 0.3) is 0 Å². The van der Waals surface area contributed by atoms with E-state index in [0.29, 0.717) is 12.4 Å². The van der Waals surface area contributed by atoms with Gasteiger partial charge in [-0.15, -0.1) is 0 Å². The first kappa shape index (κ1) is 19.8. The second-order valence-electron chi connectivity index (χ2n) is 5.38. The van der Waals surface area contributed by atoms with Gasteiger partial charge in [0.05, 0.1) is 14.2 Å². The number of ether oxygens (including phenoxy) is 2. The molecule has 0 aliphatic rings. The third-order valence-electron chi connectivity index (χ3n) is 3.89. The van der Waals surface area contributed by atoms with Gasteiger partial charge >= 0.3 is 0 Å². The van der Waals surface area contributed by atoms with E-state index in [9.17, 15) is 0 Å². The summed E-state index contributed by atoms with van der Waals surface area (Å²) in [7, 11) is 3.27. The highest BCUT2D eigenvalue weighted by Gasteiger charge is 2.09. The van der Waals surface area contributed by atoms with Crippen LogP contribution in [-0.4, -0.2) is 26.6 Å². The lowest BCUT2D eigenvalue weighted by Gasteiger charge is -2.12. The van der Waals surface area contributed by atoms with Crippen LogP contribution >= 0.6 is 0 Å². The van der Waals surface area contributed by atoms with E-state index in [-0.39, 0.29) is 18.3 Å². The van der Waals surface area contributed by atoms with Crippen molar-refractivity contribution in [2.45, 2.75) is 19.3 Å². The molecule has 0 aromatic heterocycles. The highest BCUT2D eigenvalue weighted by Crippen LogP contribution is 2.27. The van der Waals surface area contributed by atoms with Crippen LogP contribution in [0.3, 0.4) is 0 Å². The predicted molar refractivity (Wildman–Crippen MR) is 94.6 cm³/mol. The Balaban J connectivity index is 0.00000288. The van der Waals surface area contributed by atoms with E-state index in [1.54, 1.807) is 14.2 Å². The SMILES string of the molecule is COc1ccc(CCN=C(N)C(C)c2ccccc2)cc1OC.[Cl-]. The zero-order valence-corrected chi connectivity index (χ0v) is 15.1. The predicted octanol–water partition coefficient (Wildman–Crippen LogP) is 0.411. The van der Waals surface area contributed by atoms with Crippen LogP contribution in [0.4, 0.5) is 0 Å². The van der Waals surface area contributed by atoms with Crippen LogP contribution in [0.2, 0.25) is 0 Å². The maximum absolute atomic E-state index is 6.12. The average molecular weight is 348 g/mol. The fourth-order valence-electron chi connectivity index (χ4n) is 2.40. The van der Waals surface area contributed by atoms with Gasteiger partial charge in [0.1, 0.15) is 5.84 Å². The van der Waals surface area contributed by atoms with Gasteiger partial charge in [0.15, 0.2) is 11.5 Å². The minimum atomic E-state index is 0. The van der Waals surface area contributed by atoms with Gasteiger partial charge in [-0.3, -0.25) is 4.99 Å². The molecule has 2 aromatic rings. The van der Waals surface area contributed by atoms with Crippen molar-refractivity contribution in [3.05, 3.63) is 59.7 Å². The average Bonchev–Trinajstić information content (AvgIpc) is 2.61. The van der Waals surface area contributed by atoms with Crippen molar-refractivity contribution in [2.75, 3.05) is 20.8 Å². The Kier molecular flexibility index (Phi) is 8.13. The molecule has 0 aliphatic carbocycles. The second-order valence-corrected chi connectivity index (χ2v) is 5.38. The fourth-order valence-corrected chi connectivity index (χ4v) is 2.40. The van der Waals surface area contributed by atoms with Gasteiger partial charge in [0.25, 0.3) is 0 Å². The zero-order chi connectivity index (χ0) is 16.7. The number of halogens is 1. The Morgan fingerprint density at radius 2 is 1.71 bits per heavy atom. The van der Waals surface area contributed by atoms with E-state index in [4.69, 9.17) is 15.2 Å². The highest BCUT2D eigenvalue weighted by atomic mass is 35.5. The Labute approximate surface area is 150 Å². The van der Waals surface area contributed by atoms with Crippen molar-refractivity contribution in [1.82, 2.24) is 0 Å². The number of methoxy groups -OCH3 is 2. The summed E-state index contributed by atoms with van der Waals surface area (Å²) in [5.74, 6) is 2.26. The molecule has 0 spiro atoms. The van der Waals surface area contributed by atoms with E-state index < -0.39 is 0 Å². The van der Waals surface area contributed by atoms with Crippen molar-refractivity contribution in [2.24, 2.45) is 10.7 Å². The van der Waals surface area contributed by atoms with Crippen molar-refractivity contribution in [1.29, 1.82) is 0 Å². The van der Waals surface area contributed by atoms with Gasteiger partial charge in [0.2, 0.25) is 0 Å². The fraction of sp³-hybridized carbons (Fsp3) is 0.316. The summed E-state index contributed by atoms with van der Waals surface area (Å²) < 4.78 is 10.6. The standard InChI is InChI=1S/C19H24N2O2.ClH/c1-14(16-7-5-4-6-8-16)19(20)21-12-11-15-9-10-17(22-2)18(13-15)23-3;/h4-10,13-14H,11-12H2,1-3H3,(H2,20,21);1H/p-1. The third kappa shape index (κ3) is 5.17. The highest BCUT2D eigenvalue weighted by molar-refractivity contribution is 5.87. The van der Waals surface area contributed by atoms with Crippen molar-refractivity contribution in [3.63, 3.8) is 0 Å². The van der Waals surface area contributed by atoms with Crippen molar-refractivity contribution < 1.29 is 21.9 Å². The van der Waals surface area contributed by atoms with Crippen LogP contribution < -0.4 is 27.6 Å². The summed E-state index contributed by atoms with van der Waals surface area (Å²) in [6.07, 6.45) is 0.808. The number of nitrogens with two attached hydrogens (primary N) is 1. The molecule has 0 saturated heterocycles. The van der Waals surface area contributed by atoms with Crippen LogP contribution in [0.15, 0.2) is 53.5 Å². The van der Waals surface area contributed by atoms with Gasteiger partial charge in [-0.1, -0.05) is 43.3 Å². The van der Waals surface area contributed by atoms with E-state index in [1.165, 1.54) is 5.56 Å². The summed E-state index contributed by atoms with van der Waals surface area (Å²) in [6.45, 7) is 2.73. The molecule has 1 atom stereocenters. The van der Waals surface area contributed by atoms with Gasteiger partial charge in [-0.2, -0.15) is 0 Å². The largest absolute Gasteiger partial charge is 1.00 e. The summed E-state index contributed by atoms with van der Waals surface area (Å²) >= 11 is 0. The molecule has 2 N–H and O–H groups in total. The molecule has 0 bridgehead atoms. The Morgan fingerprint density at radius 3 is 2.33 bits per heavy atom. The van der Waals surface area contributed by atoms with Crippen LogP contribution in [0.1, 0.15) is 24.0 Å². The molecule has 1 unspecified atom stereocenters. The first-order chi connectivity index (χ1) is 11.2. The molecule has 130 valence electrons. The number of rotatable bonds is 7. The van der Waals surface area contributed by atoms with Crippen LogP contribution in [0, 0.1) is 0 Å². The Morgan fingerprint density at radius 1 is 1.04 bits per heavy atom. The Hall–Kier alpha value is -2.20. The third-order valence-corrected chi connectivity index (χ3v) is 3.89. The first-order valence-corrected chi connectivity index (χ1v) is 7.71. The van der Waals surface area contributed by atoms with Gasteiger partial charge < -0.3 is 27.6 Å². The molecule has 0 heterocycles. The van der Waals surface area contributed by atoms with Gasteiger partial charge in [-0.05, 0) is 29.7 Å².